The number of carboxylic acid groups (broad SMARTS) is 1. The van der Waals surface area contributed by atoms with Crippen LogP contribution in [0, 0.1) is 0 Å². The Morgan fingerprint density at radius 1 is 1.33 bits per heavy atom. The number of aliphatic carboxylic acids is 1. The van der Waals surface area contributed by atoms with Crippen LogP contribution in [-0.4, -0.2) is 16.1 Å². The van der Waals surface area contributed by atoms with Gasteiger partial charge in [-0.2, -0.15) is 0 Å². The Bertz CT molecular complexity index is 602. The van der Waals surface area contributed by atoms with Crippen LogP contribution in [0.1, 0.15) is 5.69 Å². The lowest BCUT2D eigenvalue weighted by Gasteiger charge is -2.02. The molecule has 0 aliphatic carbocycles. The molecule has 0 saturated heterocycles. The molecule has 2 rings (SSSR count). The van der Waals surface area contributed by atoms with Gasteiger partial charge in [0.15, 0.2) is 0 Å². The number of rotatable bonds is 3. The van der Waals surface area contributed by atoms with Crippen molar-refractivity contribution >= 4 is 46.6 Å². The molecule has 1 aromatic heterocycles. The van der Waals surface area contributed by atoms with Crippen molar-refractivity contribution in [2.24, 2.45) is 0 Å². The van der Waals surface area contributed by atoms with E-state index in [1.165, 1.54) is 17.4 Å². The van der Waals surface area contributed by atoms with Crippen LogP contribution in [0.25, 0.3) is 16.6 Å². The highest BCUT2D eigenvalue weighted by molar-refractivity contribution is 7.13. The Balaban J connectivity index is 2.38. The number of hydrogen-bond acceptors (Lipinski definition) is 3. The first-order valence-electron chi connectivity index (χ1n) is 4.89. The first-order chi connectivity index (χ1) is 8.58. The summed E-state index contributed by atoms with van der Waals surface area (Å²) in [6.45, 7) is 0. The van der Waals surface area contributed by atoms with Gasteiger partial charge < -0.3 is 5.11 Å². The molecular formula is C12H7Cl2NO2S. The number of thiazole rings is 1. The fraction of sp³-hybridized carbons (Fsp3) is 0. The summed E-state index contributed by atoms with van der Waals surface area (Å²) in [5.41, 5.74) is 1.23. The van der Waals surface area contributed by atoms with Gasteiger partial charge in [-0.25, -0.2) is 9.78 Å². The fourth-order valence-corrected chi connectivity index (χ4v) is 2.88. The molecule has 0 atom stereocenters. The molecule has 6 heteroatoms. The second-order valence-electron chi connectivity index (χ2n) is 3.35. The van der Waals surface area contributed by atoms with E-state index in [2.05, 4.69) is 4.98 Å². The summed E-state index contributed by atoms with van der Waals surface area (Å²) >= 11 is 13.5. The molecule has 0 radical (unpaired) electrons. The number of benzene rings is 1. The summed E-state index contributed by atoms with van der Waals surface area (Å²) in [7, 11) is 0. The van der Waals surface area contributed by atoms with Gasteiger partial charge in [0.25, 0.3) is 0 Å². The van der Waals surface area contributed by atoms with Crippen molar-refractivity contribution in [3.63, 3.8) is 0 Å². The maximum absolute atomic E-state index is 10.4. The van der Waals surface area contributed by atoms with Crippen LogP contribution in [0.3, 0.4) is 0 Å². The largest absolute Gasteiger partial charge is 0.478 e. The number of aromatic nitrogens is 1. The summed E-state index contributed by atoms with van der Waals surface area (Å²) < 4.78 is 0. The first kappa shape index (κ1) is 13.1. The Morgan fingerprint density at radius 3 is 2.61 bits per heavy atom. The van der Waals surface area contributed by atoms with Crippen LogP contribution in [0.5, 0.6) is 0 Å². The van der Waals surface area contributed by atoms with E-state index in [1.807, 2.05) is 0 Å². The molecule has 0 bridgehead atoms. The summed E-state index contributed by atoms with van der Waals surface area (Å²) in [5.74, 6) is -1.01. The second kappa shape index (κ2) is 5.52. The standard InChI is InChI=1S/C12H7Cl2NO2S/c13-8-2-1-3-9(14)11(8)12-15-7(6-18-12)4-5-10(16)17/h1-6H,(H,16,17)/b5-4+. The Labute approximate surface area is 117 Å². The normalized spacial score (nSPS) is 11.0. The molecule has 1 aromatic carbocycles. The molecule has 0 spiro atoms. The molecular weight excluding hydrogens is 293 g/mol. The van der Waals surface area contributed by atoms with E-state index in [9.17, 15) is 4.79 Å². The van der Waals surface area contributed by atoms with Crippen LogP contribution < -0.4 is 0 Å². The van der Waals surface area contributed by atoms with Crippen LogP contribution in [-0.2, 0) is 4.79 Å². The van der Waals surface area contributed by atoms with Crippen molar-refractivity contribution in [3.8, 4) is 10.6 Å². The number of carbonyl (C=O) groups is 1. The lowest BCUT2D eigenvalue weighted by molar-refractivity contribution is -0.131. The molecule has 0 unspecified atom stereocenters. The van der Waals surface area contributed by atoms with Gasteiger partial charge in [-0.05, 0) is 18.2 Å². The maximum Gasteiger partial charge on any atom is 0.328 e. The minimum atomic E-state index is -1.01. The first-order valence-corrected chi connectivity index (χ1v) is 6.52. The SMILES string of the molecule is O=C(O)/C=C/c1csc(-c2c(Cl)cccc2Cl)n1. The average molecular weight is 300 g/mol. The van der Waals surface area contributed by atoms with E-state index < -0.39 is 5.97 Å². The number of nitrogens with zero attached hydrogens (tertiary/aromatic N) is 1. The second-order valence-corrected chi connectivity index (χ2v) is 5.02. The highest BCUT2D eigenvalue weighted by atomic mass is 35.5. The number of hydrogen-bond donors (Lipinski definition) is 1. The Morgan fingerprint density at radius 2 is 2.00 bits per heavy atom. The zero-order chi connectivity index (χ0) is 13.1. The van der Waals surface area contributed by atoms with Gasteiger partial charge in [-0.3, -0.25) is 0 Å². The molecule has 2 aromatic rings. The quantitative estimate of drug-likeness (QED) is 0.864. The third kappa shape index (κ3) is 2.90. The van der Waals surface area contributed by atoms with Gasteiger partial charge in [0.2, 0.25) is 0 Å². The van der Waals surface area contributed by atoms with Crippen LogP contribution in [0.15, 0.2) is 29.7 Å². The third-order valence-corrected chi connectivity index (χ3v) is 3.60. The van der Waals surface area contributed by atoms with E-state index in [0.29, 0.717) is 26.3 Å². The van der Waals surface area contributed by atoms with Crippen LogP contribution in [0.2, 0.25) is 10.0 Å². The Kier molecular flexibility index (Phi) is 4.01. The maximum atomic E-state index is 10.4. The van der Waals surface area contributed by atoms with Crippen molar-refractivity contribution in [3.05, 3.63) is 45.4 Å². The molecule has 92 valence electrons. The van der Waals surface area contributed by atoms with E-state index in [4.69, 9.17) is 28.3 Å². The van der Waals surface area contributed by atoms with Crippen molar-refractivity contribution in [2.75, 3.05) is 0 Å². The molecule has 1 N–H and O–H groups in total. The van der Waals surface area contributed by atoms with Gasteiger partial charge in [0, 0.05) is 17.0 Å². The molecule has 0 aliphatic rings. The minimum absolute atomic E-state index is 0.519. The topological polar surface area (TPSA) is 50.2 Å². The predicted molar refractivity (Wildman–Crippen MR) is 74.2 cm³/mol. The molecule has 18 heavy (non-hydrogen) atoms. The van der Waals surface area contributed by atoms with Crippen LogP contribution >= 0.6 is 34.5 Å². The zero-order valence-corrected chi connectivity index (χ0v) is 11.3. The molecule has 3 nitrogen and oxygen atoms in total. The van der Waals surface area contributed by atoms with Crippen molar-refractivity contribution in [2.45, 2.75) is 0 Å². The van der Waals surface area contributed by atoms with E-state index in [0.717, 1.165) is 6.08 Å². The van der Waals surface area contributed by atoms with Crippen LogP contribution in [0.4, 0.5) is 0 Å². The van der Waals surface area contributed by atoms with Crippen molar-refractivity contribution < 1.29 is 9.90 Å². The molecule has 0 aliphatic heterocycles. The summed E-state index contributed by atoms with van der Waals surface area (Å²) in [6, 6.07) is 5.22. The predicted octanol–water partition coefficient (Wildman–Crippen LogP) is 4.21. The van der Waals surface area contributed by atoms with Gasteiger partial charge in [-0.1, -0.05) is 29.3 Å². The van der Waals surface area contributed by atoms with Gasteiger partial charge in [0.1, 0.15) is 5.01 Å². The summed E-state index contributed by atoms with van der Waals surface area (Å²) in [5, 5.41) is 12.0. The lowest BCUT2D eigenvalue weighted by Crippen LogP contribution is -1.86. The Hall–Kier alpha value is -1.36. The van der Waals surface area contributed by atoms with Gasteiger partial charge in [0.05, 0.1) is 15.7 Å². The molecule has 1 heterocycles. The summed E-state index contributed by atoms with van der Waals surface area (Å²) in [4.78, 5) is 14.7. The smallest absolute Gasteiger partial charge is 0.328 e. The summed E-state index contributed by atoms with van der Waals surface area (Å²) in [6.07, 6.45) is 2.46. The van der Waals surface area contributed by atoms with E-state index in [-0.39, 0.29) is 0 Å². The fourth-order valence-electron chi connectivity index (χ4n) is 1.34. The number of halogens is 2. The zero-order valence-electron chi connectivity index (χ0n) is 8.93. The highest BCUT2D eigenvalue weighted by Crippen LogP contribution is 2.36. The lowest BCUT2D eigenvalue weighted by atomic mass is 10.2. The van der Waals surface area contributed by atoms with E-state index >= 15 is 0 Å². The van der Waals surface area contributed by atoms with Gasteiger partial charge >= 0.3 is 5.97 Å². The minimum Gasteiger partial charge on any atom is -0.478 e. The third-order valence-electron chi connectivity index (χ3n) is 2.10. The number of carboxylic acids is 1. The van der Waals surface area contributed by atoms with Crippen molar-refractivity contribution in [1.29, 1.82) is 0 Å². The average Bonchev–Trinajstić information content (AvgIpc) is 2.75. The van der Waals surface area contributed by atoms with Crippen molar-refractivity contribution in [1.82, 2.24) is 4.98 Å². The van der Waals surface area contributed by atoms with E-state index in [1.54, 1.807) is 23.6 Å². The molecule has 0 saturated carbocycles. The molecule has 0 amide bonds. The van der Waals surface area contributed by atoms with Gasteiger partial charge in [-0.15, -0.1) is 11.3 Å². The monoisotopic (exact) mass is 299 g/mol. The molecule has 0 fully saturated rings. The highest BCUT2D eigenvalue weighted by Gasteiger charge is 2.11.